The van der Waals surface area contributed by atoms with Crippen LogP contribution in [0.25, 0.3) is 0 Å². The van der Waals surface area contributed by atoms with Gasteiger partial charge in [0.25, 0.3) is 0 Å². The molecule has 1 aliphatic rings. The van der Waals surface area contributed by atoms with E-state index in [1.165, 1.54) is 0 Å². The van der Waals surface area contributed by atoms with E-state index in [2.05, 4.69) is 4.99 Å². The summed E-state index contributed by atoms with van der Waals surface area (Å²) in [7, 11) is 0. The average molecular weight is 321 g/mol. The van der Waals surface area contributed by atoms with E-state index in [0.717, 1.165) is 0 Å². The Morgan fingerprint density at radius 1 is 1.04 bits per heavy atom. The van der Waals surface area contributed by atoms with Crippen LogP contribution < -0.4 is 9.47 Å². The van der Waals surface area contributed by atoms with Gasteiger partial charge in [0, 0.05) is 6.07 Å². The lowest BCUT2D eigenvalue weighted by molar-refractivity contribution is -0.141. The van der Waals surface area contributed by atoms with Gasteiger partial charge < -0.3 is 18.9 Å². The maximum absolute atomic E-state index is 12.0. The zero-order chi connectivity index (χ0) is 16.7. The van der Waals surface area contributed by atoms with Crippen LogP contribution in [0, 0.1) is 0 Å². The molecular formula is C16H19NO6. The second-order valence-electron chi connectivity index (χ2n) is 4.77. The van der Waals surface area contributed by atoms with Crippen molar-refractivity contribution in [3.63, 3.8) is 0 Å². The van der Waals surface area contributed by atoms with Crippen molar-refractivity contribution in [3.8, 4) is 11.5 Å². The van der Waals surface area contributed by atoms with E-state index >= 15 is 0 Å². The molecule has 2 rings (SSSR count). The van der Waals surface area contributed by atoms with Gasteiger partial charge >= 0.3 is 11.9 Å². The van der Waals surface area contributed by atoms with Gasteiger partial charge in [0.05, 0.1) is 18.9 Å². The Labute approximate surface area is 134 Å². The number of rotatable bonds is 7. The van der Waals surface area contributed by atoms with Gasteiger partial charge in [-0.1, -0.05) is 13.8 Å². The van der Waals surface area contributed by atoms with Crippen molar-refractivity contribution in [2.75, 3.05) is 20.0 Å². The van der Waals surface area contributed by atoms with Gasteiger partial charge in [0.2, 0.25) is 12.5 Å². The highest BCUT2D eigenvalue weighted by Gasteiger charge is 2.24. The van der Waals surface area contributed by atoms with Crippen molar-refractivity contribution in [3.05, 3.63) is 18.2 Å². The van der Waals surface area contributed by atoms with Crippen LogP contribution in [0.5, 0.6) is 11.5 Å². The molecule has 0 atom stereocenters. The normalized spacial score (nSPS) is 11.7. The van der Waals surface area contributed by atoms with Crippen LogP contribution in [0.2, 0.25) is 0 Å². The number of carbonyl (C=O) groups is 2. The molecule has 0 amide bonds. The predicted octanol–water partition coefficient (Wildman–Crippen LogP) is 2.39. The number of nitrogens with zero attached hydrogens (tertiary/aromatic N) is 1. The summed E-state index contributed by atoms with van der Waals surface area (Å²) in [6.07, 6.45) is 1.29. The maximum atomic E-state index is 12.0. The van der Waals surface area contributed by atoms with Gasteiger partial charge in [0.1, 0.15) is 0 Å². The first-order valence-electron chi connectivity index (χ1n) is 7.48. The Morgan fingerprint density at radius 3 is 2.26 bits per heavy atom. The SMILES string of the molecule is CCCOC(=O)C(=Nc1ccc2c(c1)OCO2)C(=O)OCCC. The van der Waals surface area contributed by atoms with Crippen molar-refractivity contribution >= 4 is 23.3 Å². The molecule has 0 aromatic heterocycles. The van der Waals surface area contributed by atoms with Crippen LogP contribution in [-0.4, -0.2) is 37.7 Å². The summed E-state index contributed by atoms with van der Waals surface area (Å²) in [5.41, 5.74) is -0.00286. The van der Waals surface area contributed by atoms with Gasteiger partial charge in [0.15, 0.2) is 11.5 Å². The standard InChI is InChI=1S/C16H19NO6/c1-3-7-20-15(18)14(16(19)21-8-4-2)17-11-5-6-12-13(9-11)23-10-22-12/h5-6,9H,3-4,7-8,10H2,1-2H3. The van der Waals surface area contributed by atoms with Crippen molar-refractivity contribution in [2.45, 2.75) is 26.7 Å². The third kappa shape index (κ3) is 4.45. The number of esters is 2. The first-order valence-corrected chi connectivity index (χ1v) is 7.48. The fourth-order valence-electron chi connectivity index (χ4n) is 1.78. The molecule has 0 radical (unpaired) electrons. The number of benzene rings is 1. The molecule has 1 aromatic rings. The number of hydrogen-bond acceptors (Lipinski definition) is 7. The number of aliphatic imine (C=N–C) groups is 1. The highest BCUT2D eigenvalue weighted by molar-refractivity contribution is 6.63. The fourth-order valence-corrected chi connectivity index (χ4v) is 1.78. The van der Waals surface area contributed by atoms with Crippen molar-refractivity contribution in [1.29, 1.82) is 0 Å². The maximum Gasteiger partial charge on any atom is 0.364 e. The molecule has 124 valence electrons. The van der Waals surface area contributed by atoms with E-state index in [4.69, 9.17) is 18.9 Å². The van der Waals surface area contributed by atoms with E-state index in [0.29, 0.717) is 30.0 Å². The first-order chi connectivity index (χ1) is 11.2. The van der Waals surface area contributed by atoms with Crippen LogP contribution >= 0.6 is 0 Å². The van der Waals surface area contributed by atoms with E-state index in [9.17, 15) is 9.59 Å². The van der Waals surface area contributed by atoms with Crippen LogP contribution in [-0.2, 0) is 19.1 Å². The molecule has 0 fully saturated rings. The minimum Gasteiger partial charge on any atom is -0.461 e. The van der Waals surface area contributed by atoms with Crippen molar-refractivity contribution in [1.82, 2.24) is 0 Å². The zero-order valence-corrected chi connectivity index (χ0v) is 13.2. The summed E-state index contributed by atoms with van der Waals surface area (Å²) < 4.78 is 20.4. The molecule has 1 aromatic carbocycles. The Bertz CT molecular complexity index is 589. The molecule has 0 bridgehead atoms. The van der Waals surface area contributed by atoms with Gasteiger partial charge in [-0.3, -0.25) is 0 Å². The first kappa shape index (κ1) is 16.8. The molecule has 7 nitrogen and oxygen atoms in total. The predicted molar refractivity (Wildman–Crippen MR) is 82.2 cm³/mol. The summed E-state index contributed by atoms with van der Waals surface area (Å²) in [6.45, 7) is 4.27. The van der Waals surface area contributed by atoms with Crippen LogP contribution in [0.1, 0.15) is 26.7 Å². The highest BCUT2D eigenvalue weighted by Crippen LogP contribution is 2.35. The monoisotopic (exact) mass is 321 g/mol. The lowest BCUT2D eigenvalue weighted by atomic mass is 10.2. The van der Waals surface area contributed by atoms with E-state index in [1.54, 1.807) is 18.2 Å². The van der Waals surface area contributed by atoms with Crippen molar-refractivity contribution in [2.24, 2.45) is 4.99 Å². The molecule has 23 heavy (non-hydrogen) atoms. The number of ether oxygens (including phenoxy) is 4. The molecule has 1 heterocycles. The topological polar surface area (TPSA) is 83.4 Å². The molecule has 0 saturated carbocycles. The van der Waals surface area contributed by atoms with Gasteiger partial charge in [-0.25, -0.2) is 14.6 Å². The van der Waals surface area contributed by atoms with Gasteiger partial charge in [-0.2, -0.15) is 0 Å². The number of fused-ring (bicyclic) bond motifs is 1. The molecule has 0 aliphatic carbocycles. The van der Waals surface area contributed by atoms with Crippen LogP contribution in [0.4, 0.5) is 5.69 Å². The van der Waals surface area contributed by atoms with Gasteiger partial charge in [-0.05, 0) is 25.0 Å². The van der Waals surface area contributed by atoms with Crippen LogP contribution in [0.3, 0.4) is 0 Å². The summed E-state index contributed by atoms with van der Waals surface area (Å²) in [5.74, 6) is -0.502. The van der Waals surface area contributed by atoms with E-state index in [-0.39, 0.29) is 25.7 Å². The third-order valence-corrected chi connectivity index (χ3v) is 2.86. The molecule has 0 saturated heterocycles. The van der Waals surface area contributed by atoms with E-state index < -0.39 is 11.9 Å². The van der Waals surface area contributed by atoms with Crippen molar-refractivity contribution < 1.29 is 28.5 Å². The molecule has 0 unspecified atom stereocenters. The molecule has 0 spiro atoms. The second kappa shape index (κ2) is 8.17. The Morgan fingerprint density at radius 2 is 1.65 bits per heavy atom. The average Bonchev–Trinajstić information content (AvgIpc) is 3.03. The Balaban J connectivity index is 2.24. The Hall–Kier alpha value is -2.57. The largest absolute Gasteiger partial charge is 0.461 e. The highest BCUT2D eigenvalue weighted by atomic mass is 16.7. The van der Waals surface area contributed by atoms with E-state index in [1.807, 2.05) is 13.8 Å². The molecular weight excluding hydrogens is 302 g/mol. The number of hydrogen-bond donors (Lipinski definition) is 0. The lowest BCUT2D eigenvalue weighted by Crippen LogP contribution is -2.28. The molecule has 1 aliphatic heterocycles. The summed E-state index contributed by atoms with van der Waals surface area (Å²) >= 11 is 0. The summed E-state index contributed by atoms with van der Waals surface area (Å²) in [5, 5.41) is 0. The minimum absolute atomic E-state index is 0.131. The summed E-state index contributed by atoms with van der Waals surface area (Å²) in [6, 6.07) is 4.86. The molecule has 0 N–H and O–H groups in total. The fraction of sp³-hybridized carbons (Fsp3) is 0.438. The summed E-state index contributed by atoms with van der Waals surface area (Å²) in [4.78, 5) is 28.1. The number of carbonyl (C=O) groups excluding carboxylic acids is 2. The molecule has 7 heteroatoms. The second-order valence-corrected chi connectivity index (χ2v) is 4.77. The zero-order valence-electron chi connectivity index (χ0n) is 13.2. The van der Waals surface area contributed by atoms with Gasteiger partial charge in [-0.15, -0.1) is 0 Å². The third-order valence-electron chi connectivity index (χ3n) is 2.86. The minimum atomic E-state index is -0.800. The smallest absolute Gasteiger partial charge is 0.364 e. The van der Waals surface area contributed by atoms with Crippen LogP contribution in [0.15, 0.2) is 23.2 Å². The lowest BCUT2D eigenvalue weighted by Gasteiger charge is -2.07. The Kier molecular flexibility index (Phi) is 5.96. The quantitative estimate of drug-likeness (QED) is 0.435.